The highest BCUT2D eigenvalue weighted by Gasteiger charge is 2.30. The molecule has 2 N–H and O–H groups in total. The summed E-state index contributed by atoms with van der Waals surface area (Å²) in [7, 11) is 0. The van der Waals surface area contributed by atoms with Gasteiger partial charge >= 0.3 is 0 Å². The predicted molar refractivity (Wildman–Crippen MR) is 104 cm³/mol. The number of rotatable bonds is 5. The molecule has 6 heteroatoms. The smallest absolute Gasteiger partial charge is 0.247 e. The Morgan fingerprint density at radius 1 is 1.04 bits per heavy atom. The fourth-order valence-corrected chi connectivity index (χ4v) is 3.67. The maximum atomic E-state index is 12.8. The predicted octanol–water partition coefficient (Wildman–Crippen LogP) is 3.36. The van der Waals surface area contributed by atoms with Gasteiger partial charge in [0.1, 0.15) is 19.3 Å². The summed E-state index contributed by atoms with van der Waals surface area (Å²) in [6, 6.07) is 4.77. The second-order valence-corrected chi connectivity index (χ2v) is 8.03. The molecule has 2 amide bonds. The summed E-state index contributed by atoms with van der Waals surface area (Å²) in [4.78, 5) is 25.4. The standard InChI is InChI=1S/C21H30N2O4/c1-13(2)19(23-20(24)15-6-4-14(3)5-7-15)21(25)22-16-8-9-17-18(12-16)27-11-10-26-17/h8-9,12-15,19H,4-7,10-11H2,1-3H3,(H,22,25)(H,23,24). The van der Waals surface area contributed by atoms with Gasteiger partial charge in [-0.05, 0) is 49.7 Å². The van der Waals surface area contributed by atoms with Gasteiger partial charge < -0.3 is 20.1 Å². The van der Waals surface area contributed by atoms with Crippen LogP contribution in [0.15, 0.2) is 18.2 Å². The van der Waals surface area contributed by atoms with Crippen LogP contribution in [0.3, 0.4) is 0 Å². The van der Waals surface area contributed by atoms with Gasteiger partial charge in [0, 0.05) is 17.7 Å². The lowest BCUT2D eigenvalue weighted by Gasteiger charge is -2.28. The Kier molecular flexibility index (Phi) is 6.24. The van der Waals surface area contributed by atoms with Crippen LogP contribution in [0.5, 0.6) is 11.5 Å². The van der Waals surface area contributed by atoms with E-state index in [-0.39, 0.29) is 23.7 Å². The average molecular weight is 374 g/mol. The molecule has 1 heterocycles. The van der Waals surface area contributed by atoms with Gasteiger partial charge in [-0.3, -0.25) is 9.59 Å². The van der Waals surface area contributed by atoms with Crippen LogP contribution in [0, 0.1) is 17.8 Å². The van der Waals surface area contributed by atoms with Crippen LogP contribution >= 0.6 is 0 Å². The first-order valence-corrected chi connectivity index (χ1v) is 9.95. The van der Waals surface area contributed by atoms with Crippen molar-refractivity contribution in [3.05, 3.63) is 18.2 Å². The molecule has 1 unspecified atom stereocenters. The zero-order chi connectivity index (χ0) is 19.4. The Morgan fingerprint density at radius 3 is 2.37 bits per heavy atom. The first kappa shape index (κ1) is 19.5. The Bertz CT molecular complexity index is 681. The molecule has 0 saturated heterocycles. The van der Waals surface area contributed by atoms with Gasteiger partial charge in [-0.2, -0.15) is 0 Å². The van der Waals surface area contributed by atoms with E-state index in [0.29, 0.717) is 36.3 Å². The highest BCUT2D eigenvalue weighted by atomic mass is 16.6. The van der Waals surface area contributed by atoms with Crippen LogP contribution in [0.4, 0.5) is 5.69 Å². The minimum Gasteiger partial charge on any atom is -0.486 e. The van der Waals surface area contributed by atoms with Crippen molar-refractivity contribution in [3.63, 3.8) is 0 Å². The van der Waals surface area contributed by atoms with Crippen molar-refractivity contribution in [3.8, 4) is 11.5 Å². The van der Waals surface area contributed by atoms with Crippen molar-refractivity contribution < 1.29 is 19.1 Å². The van der Waals surface area contributed by atoms with Gasteiger partial charge in [0.2, 0.25) is 11.8 Å². The summed E-state index contributed by atoms with van der Waals surface area (Å²) in [5.41, 5.74) is 0.635. The molecule has 1 saturated carbocycles. The number of amides is 2. The number of carbonyl (C=O) groups excluding carboxylic acids is 2. The fraction of sp³-hybridized carbons (Fsp3) is 0.619. The minimum atomic E-state index is -0.565. The van der Waals surface area contributed by atoms with Crippen LogP contribution in [0.25, 0.3) is 0 Å². The molecule has 148 valence electrons. The lowest BCUT2D eigenvalue weighted by molar-refractivity contribution is -0.131. The molecule has 1 atom stereocenters. The van der Waals surface area contributed by atoms with Gasteiger partial charge in [0.25, 0.3) is 0 Å². The summed E-state index contributed by atoms with van der Waals surface area (Å²) < 4.78 is 11.1. The Morgan fingerprint density at radius 2 is 1.70 bits per heavy atom. The number of hydrogen-bond donors (Lipinski definition) is 2. The number of ether oxygens (including phenoxy) is 2. The summed E-state index contributed by atoms with van der Waals surface area (Å²) in [5, 5.41) is 5.88. The third-order valence-electron chi connectivity index (χ3n) is 5.44. The molecule has 0 aromatic heterocycles. The van der Waals surface area contributed by atoms with E-state index in [9.17, 15) is 9.59 Å². The van der Waals surface area contributed by atoms with Crippen molar-refractivity contribution in [1.82, 2.24) is 5.32 Å². The third kappa shape index (κ3) is 4.93. The van der Waals surface area contributed by atoms with E-state index < -0.39 is 6.04 Å². The number of hydrogen-bond acceptors (Lipinski definition) is 4. The first-order valence-electron chi connectivity index (χ1n) is 9.95. The van der Waals surface area contributed by atoms with Gasteiger partial charge in [-0.1, -0.05) is 20.8 Å². The molecule has 0 radical (unpaired) electrons. The molecule has 6 nitrogen and oxygen atoms in total. The molecule has 0 bridgehead atoms. The van der Waals surface area contributed by atoms with Crippen LogP contribution in [-0.2, 0) is 9.59 Å². The lowest BCUT2D eigenvalue weighted by atomic mass is 9.82. The molecular weight excluding hydrogens is 344 g/mol. The normalized spacial score (nSPS) is 22.8. The molecule has 1 fully saturated rings. The van der Waals surface area contributed by atoms with Crippen LogP contribution in [0.2, 0.25) is 0 Å². The van der Waals surface area contributed by atoms with E-state index in [1.807, 2.05) is 13.8 Å². The quantitative estimate of drug-likeness (QED) is 0.828. The minimum absolute atomic E-state index is 0.00192. The summed E-state index contributed by atoms with van der Waals surface area (Å²) >= 11 is 0. The van der Waals surface area contributed by atoms with Crippen molar-refractivity contribution >= 4 is 17.5 Å². The molecular formula is C21H30N2O4. The van der Waals surface area contributed by atoms with E-state index in [4.69, 9.17) is 9.47 Å². The lowest BCUT2D eigenvalue weighted by Crippen LogP contribution is -2.49. The Balaban J connectivity index is 1.62. The molecule has 27 heavy (non-hydrogen) atoms. The number of benzene rings is 1. The number of nitrogens with one attached hydrogen (secondary N) is 2. The van der Waals surface area contributed by atoms with E-state index in [1.165, 1.54) is 0 Å². The highest BCUT2D eigenvalue weighted by Crippen LogP contribution is 2.33. The third-order valence-corrected chi connectivity index (χ3v) is 5.44. The van der Waals surface area contributed by atoms with Gasteiger partial charge in [-0.15, -0.1) is 0 Å². The molecule has 1 aliphatic heterocycles. The van der Waals surface area contributed by atoms with Crippen molar-refractivity contribution in [1.29, 1.82) is 0 Å². The number of anilines is 1. The van der Waals surface area contributed by atoms with E-state index in [0.717, 1.165) is 25.7 Å². The van der Waals surface area contributed by atoms with Crippen LogP contribution in [0.1, 0.15) is 46.5 Å². The number of fused-ring (bicyclic) bond motifs is 1. The van der Waals surface area contributed by atoms with E-state index in [2.05, 4.69) is 17.6 Å². The van der Waals surface area contributed by atoms with Crippen molar-refractivity contribution in [2.24, 2.45) is 17.8 Å². The zero-order valence-corrected chi connectivity index (χ0v) is 16.4. The van der Waals surface area contributed by atoms with E-state index >= 15 is 0 Å². The largest absolute Gasteiger partial charge is 0.486 e. The molecule has 3 rings (SSSR count). The molecule has 1 aromatic carbocycles. The summed E-state index contributed by atoms with van der Waals surface area (Å²) in [6.45, 7) is 7.13. The van der Waals surface area contributed by atoms with Gasteiger partial charge in [0.05, 0.1) is 0 Å². The van der Waals surface area contributed by atoms with Gasteiger partial charge in [0.15, 0.2) is 11.5 Å². The van der Waals surface area contributed by atoms with E-state index in [1.54, 1.807) is 18.2 Å². The maximum Gasteiger partial charge on any atom is 0.247 e. The maximum absolute atomic E-state index is 12.8. The first-order chi connectivity index (χ1) is 12.9. The van der Waals surface area contributed by atoms with Crippen LogP contribution in [-0.4, -0.2) is 31.1 Å². The zero-order valence-electron chi connectivity index (χ0n) is 16.4. The molecule has 1 aromatic rings. The Hall–Kier alpha value is -2.24. The van der Waals surface area contributed by atoms with Crippen molar-refractivity contribution in [2.75, 3.05) is 18.5 Å². The topological polar surface area (TPSA) is 76.7 Å². The monoisotopic (exact) mass is 374 g/mol. The van der Waals surface area contributed by atoms with Gasteiger partial charge in [-0.25, -0.2) is 0 Å². The average Bonchev–Trinajstić information content (AvgIpc) is 2.66. The highest BCUT2D eigenvalue weighted by molar-refractivity contribution is 5.97. The summed E-state index contributed by atoms with van der Waals surface area (Å²) in [5.74, 6) is 1.80. The van der Waals surface area contributed by atoms with Crippen molar-refractivity contribution in [2.45, 2.75) is 52.5 Å². The molecule has 0 spiro atoms. The molecule has 1 aliphatic carbocycles. The summed E-state index contributed by atoms with van der Waals surface area (Å²) in [6.07, 6.45) is 3.96. The second kappa shape index (κ2) is 8.63. The SMILES string of the molecule is CC1CCC(C(=O)NC(C(=O)Nc2ccc3c(c2)OCCO3)C(C)C)CC1. The Labute approximate surface area is 161 Å². The second-order valence-electron chi connectivity index (χ2n) is 8.03. The fourth-order valence-electron chi connectivity index (χ4n) is 3.67. The molecule has 2 aliphatic rings. The van der Waals surface area contributed by atoms with Crippen LogP contribution < -0.4 is 20.1 Å². The number of carbonyl (C=O) groups is 2.